The molecule has 1 aromatic rings. The highest BCUT2D eigenvalue weighted by molar-refractivity contribution is 7.89. The Morgan fingerprint density at radius 3 is 2.22 bits per heavy atom. The predicted octanol–water partition coefficient (Wildman–Crippen LogP) is 1.80. The van der Waals surface area contributed by atoms with Crippen LogP contribution in [0.15, 0.2) is 18.2 Å². The normalized spacial score (nSPS) is 11.5. The van der Waals surface area contributed by atoms with Gasteiger partial charge in [0.2, 0.25) is 10.0 Å². The van der Waals surface area contributed by atoms with Crippen molar-refractivity contribution in [3.63, 3.8) is 0 Å². The summed E-state index contributed by atoms with van der Waals surface area (Å²) in [7, 11) is -3.41. The van der Waals surface area contributed by atoms with Crippen molar-refractivity contribution in [2.75, 3.05) is 12.4 Å². The predicted molar refractivity (Wildman–Crippen MR) is 63.7 cm³/mol. The van der Waals surface area contributed by atoms with Crippen molar-refractivity contribution >= 4 is 10.0 Å². The first-order chi connectivity index (χ1) is 8.37. The van der Waals surface area contributed by atoms with Crippen LogP contribution in [0, 0.1) is 11.6 Å². The van der Waals surface area contributed by atoms with Crippen LogP contribution in [-0.4, -0.2) is 20.8 Å². The molecule has 7 heteroatoms. The maximum absolute atomic E-state index is 12.8. The van der Waals surface area contributed by atoms with Crippen LogP contribution in [0.25, 0.3) is 0 Å². The van der Waals surface area contributed by atoms with Crippen molar-refractivity contribution in [2.45, 2.75) is 19.3 Å². The molecule has 0 aliphatic rings. The van der Waals surface area contributed by atoms with Crippen molar-refractivity contribution in [1.82, 2.24) is 0 Å². The second-order valence-electron chi connectivity index (χ2n) is 3.88. The molecule has 0 aromatic heterocycles. The summed E-state index contributed by atoms with van der Waals surface area (Å²) in [6.45, 7) is 0.271. The number of unbranched alkanes of at least 4 members (excludes halogenated alkanes) is 2. The van der Waals surface area contributed by atoms with E-state index in [0.29, 0.717) is 19.3 Å². The second kappa shape index (κ2) is 6.65. The molecule has 102 valence electrons. The highest BCUT2D eigenvalue weighted by Gasteiger charge is 2.03. The van der Waals surface area contributed by atoms with E-state index in [9.17, 15) is 17.2 Å². The fraction of sp³-hybridized carbons (Fsp3) is 0.455. The fourth-order valence-electron chi connectivity index (χ4n) is 1.38. The molecule has 0 saturated heterocycles. The number of rotatable bonds is 7. The lowest BCUT2D eigenvalue weighted by atomic mass is 10.2. The van der Waals surface area contributed by atoms with Gasteiger partial charge in [-0.05, 0) is 19.3 Å². The first-order valence-corrected chi connectivity index (χ1v) is 7.18. The summed E-state index contributed by atoms with van der Waals surface area (Å²) in [5.74, 6) is -1.33. The molecule has 0 fully saturated rings. The monoisotopic (exact) mass is 279 g/mol. The summed E-state index contributed by atoms with van der Waals surface area (Å²) in [6.07, 6.45) is 1.65. The molecule has 0 spiro atoms. The maximum Gasteiger partial charge on any atom is 0.209 e. The third-order valence-corrected chi connectivity index (χ3v) is 3.04. The molecular weight excluding hydrogens is 264 g/mol. The average molecular weight is 279 g/mol. The van der Waals surface area contributed by atoms with E-state index in [1.54, 1.807) is 0 Å². The number of nitrogens with two attached hydrogens (primary N) is 1. The van der Waals surface area contributed by atoms with E-state index in [4.69, 9.17) is 9.88 Å². The Morgan fingerprint density at radius 1 is 1.06 bits per heavy atom. The van der Waals surface area contributed by atoms with E-state index in [0.717, 1.165) is 18.2 Å². The molecule has 18 heavy (non-hydrogen) atoms. The zero-order valence-electron chi connectivity index (χ0n) is 9.73. The van der Waals surface area contributed by atoms with Gasteiger partial charge < -0.3 is 4.74 Å². The highest BCUT2D eigenvalue weighted by atomic mass is 32.2. The van der Waals surface area contributed by atoms with Crippen LogP contribution in [0.3, 0.4) is 0 Å². The molecular formula is C11H15F2NO3S. The second-order valence-corrected chi connectivity index (χ2v) is 5.62. The molecule has 1 rings (SSSR count). The van der Waals surface area contributed by atoms with E-state index < -0.39 is 21.7 Å². The SMILES string of the molecule is NS(=O)(=O)CCCCCOc1cc(F)cc(F)c1. The average Bonchev–Trinajstić information content (AvgIpc) is 2.20. The zero-order valence-corrected chi connectivity index (χ0v) is 10.6. The number of benzene rings is 1. The molecule has 0 unspecified atom stereocenters. The van der Waals surface area contributed by atoms with Crippen LogP contribution in [-0.2, 0) is 10.0 Å². The lowest BCUT2D eigenvalue weighted by molar-refractivity contribution is 0.303. The van der Waals surface area contributed by atoms with Crippen LogP contribution < -0.4 is 9.88 Å². The van der Waals surface area contributed by atoms with E-state index >= 15 is 0 Å². The third-order valence-electron chi connectivity index (χ3n) is 2.18. The fourth-order valence-corrected chi connectivity index (χ4v) is 1.99. The summed E-state index contributed by atoms with van der Waals surface area (Å²) in [5.41, 5.74) is 0. The minimum atomic E-state index is -3.41. The van der Waals surface area contributed by atoms with Crippen LogP contribution in [0.5, 0.6) is 5.75 Å². The molecule has 0 saturated carbocycles. The van der Waals surface area contributed by atoms with E-state index in [-0.39, 0.29) is 18.1 Å². The van der Waals surface area contributed by atoms with Gasteiger partial charge in [0.1, 0.15) is 17.4 Å². The van der Waals surface area contributed by atoms with Crippen molar-refractivity contribution in [3.8, 4) is 5.75 Å². The standard InChI is InChI=1S/C11H15F2NO3S/c12-9-6-10(13)8-11(7-9)17-4-2-1-3-5-18(14,15)16/h6-8H,1-5H2,(H2,14,15,16). The zero-order chi connectivity index (χ0) is 13.6. The molecule has 0 atom stereocenters. The van der Waals surface area contributed by atoms with Crippen molar-refractivity contribution in [1.29, 1.82) is 0 Å². The summed E-state index contributed by atoms with van der Waals surface area (Å²) in [4.78, 5) is 0. The van der Waals surface area contributed by atoms with Gasteiger partial charge in [-0.3, -0.25) is 0 Å². The van der Waals surface area contributed by atoms with Crippen molar-refractivity contribution in [2.24, 2.45) is 5.14 Å². The molecule has 0 aliphatic carbocycles. The molecule has 2 N–H and O–H groups in total. The quantitative estimate of drug-likeness (QED) is 0.774. The summed E-state index contributed by atoms with van der Waals surface area (Å²) in [5, 5.41) is 4.83. The lowest BCUT2D eigenvalue weighted by Crippen LogP contribution is -2.16. The molecule has 0 heterocycles. The van der Waals surface area contributed by atoms with Crippen LogP contribution in [0.1, 0.15) is 19.3 Å². The van der Waals surface area contributed by atoms with Gasteiger partial charge in [0.25, 0.3) is 0 Å². The van der Waals surface area contributed by atoms with Crippen molar-refractivity contribution < 1.29 is 21.9 Å². The largest absolute Gasteiger partial charge is 0.493 e. The number of primary sulfonamides is 1. The Labute approximate surface area is 105 Å². The molecule has 1 aromatic carbocycles. The number of hydrogen-bond acceptors (Lipinski definition) is 3. The molecule has 0 radical (unpaired) electrons. The van der Waals surface area contributed by atoms with Crippen LogP contribution in [0.4, 0.5) is 8.78 Å². The molecule has 4 nitrogen and oxygen atoms in total. The Morgan fingerprint density at radius 2 is 1.67 bits per heavy atom. The summed E-state index contributed by atoms with van der Waals surface area (Å²) >= 11 is 0. The number of ether oxygens (including phenoxy) is 1. The lowest BCUT2D eigenvalue weighted by Gasteiger charge is -2.06. The van der Waals surface area contributed by atoms with Crippen molar-refractivity contribution in [3.05, 3.63) is 29.8 Å². The third kappa shape index (κ3) is 6.51. The first kappa shape index (κ1) is 14.8. The van der Waals surface area contributed by atoms with Gasteiger partial charge in [-0.25, -0.2) is 22.3 Å². The van der Waals surface area contributed by atoms with Gasteiger partial charge in [-0.15, -0.1) is 0 Å². The summed E-state index contributed by atoms with van der Waals surface area (Å²) < 4.78 is 52.0. The Balaban J connectivity index is 2.22. The smallest absolute Gasteiger partial charge is 0.209 e. The van der Waals surface area contributed by atoms with E-state index in [2.05, 4.69) is 0 Å². The number of sulfonamides is 1. The Kier molecular flexibility index (Phi) is 5.49. The van der Waals surface area contributed by atoms with Gasteiger partial charge in [-0.1, -0.05) is 0 Å². The van der Waals surface area contributed by atoms with Gasteiger partial charge >= 0.3 is 0 Å². The first-order valence-electron chi connectivity index (χ1n) is 5.46. The number of halogens is 2. The topological polar surface area (TPSA) is 69.4 Å². The molecule has 0 amide bonds. The van der Waals surface area contributed by atoms with Gasteiger partial charge in [0.05, 0.1) is 12.4 Å². The van der Waals surface area contributed by atoms with Gasteiger partial charge in [0.15, 0.2) is 0 Å². The minimum Gasteiger partial charge on any atom is -0.493 e. The highest BCUT2D eigenvalue weighted by Crippen LogP contribution is 2.15. The minimum absolute atomic E-state index is 0.0679. The number of hydrogen-bond donors (Lipinski definition) is 1. The van der Waals surface area contributed by atoms with Crippen LogP contribution >= 0.6 is 0 Å². The molecule has 0 aliphatic heterocycles. The molecule has 0 bridgehead atoms. The van der Waals surface area contributed by atoms with Crippen LogP contribution in [0.2, 0.25) is 0 Å². The summed E-state index contributed by atoms with van der Waals surface area (Å²) in [6, 6.07) is 2.94. The maximum atomic E-state index is 12.8. The Hall–Kier alpha value is -1.21. The van der Waals surface area contributed by atoms with Gasteiger partial charge in [-0.2, -0.15) is 0 Å². The van der Waals surface area contributed by atoms with Gasteiger partial charge in [0, 0.05) is 18.2 Å². The Bertz CT molecular complexity index is 471. The van der Waals surface area contributed by atoms with E-state index in [1.165, 1.54) is 0 Å². The van der Waals surface area contributed by atoms with E-state index in [1.807, 2.05) is 0 Å².